The van der Waals surface area contributed by atoms with E-state index in [1.54, 1.807) is 0 Å². The second kappa shape index (κ2) is 3.99. The minimum absolute atomic E-state index is 0.916. The number of furan rings is 1. The molecule has 0 unspecified atom stereocenters. The van der Waals surface area contributed by atoms with Gasteiger partial charge in [-0.15, -0.1) is 0 Å². The zero-order valence-electron chi connectivity index (χ0n) is 10.3. The normalized spacial score (nSPS) is 11.2. The second-order valence-corrected chi connectivity index (χ2v) is 4.71. The molecule has 1 heteroatoms. The molecule has 2 aliphatic rings. The number of benzene rings is 1. The van der Waals surface area contributed by atoms with Crippen LogP contribution in [0.4, 0.5) is 0 Å². The van der Waals surface area contributed by atoms with Gasteiger partial charge < -0.3 is 4.42 Å². The van der Waals surface area contributed by atoms with Gasteiger partial charge in [0, 0.05) is 10.9 Å². The van der Waals surface area contributed by atoms with Crippen molar-refractivity contribution in [2.75, 3.05) is 0 Å². The zero-order valence-corrected chi connectivity index (χ0v) is 10.3. The molecule has 1 aromatic heterocycles. The van der Waals surface area contributed by atoms with E-state index in [1.807, 2.05) is 18.2 Å². The third-order valence-corrected chi connectivity index (χ3v) is 3.48. The highest BCUT2D eigenvalue weighted by atomic mass is 16.3. The minimum Gasteiger partial charge on any atom is -0.456 e. The molecule has 0 atom stereocenters. The van der Waals surface area contributed by atoms with E-state index in [9.17, 15) is 0 Å². The van der Waals surface area contributed by atoms with Crippen molar-refractivity contribution >= 4 is 11.0 Å². The Kier molecular flexibility index (Phi) is 2.18. The van der Waals surface area contributed by atoms with E-state index in [1.165, 1.54) is 11.1 Å². The summed E-state index contributed by atoms with van der Waals surface area (Å²) >= 11 is 0. The van der Waals surface area contributed by atoms with Crippen molar-refractivity contribution in [3.63, 3.8) is 0 Å². The quantitative estimate of drug-likeness (QED) is 0.448. The zero-order chi connectivity index (χ0) is 12.7. The summed E-state index contributed by atoms with van der Waals surface area (Å²) in [6, 6.07) is 25.0. The third kappa shape index (κ3) is 1.71. The summed E-state index contributed by atoms with van der Waals surface area (Å²) in [6.45, 7) is 0. The van der Waals surface area contributed by atoms with Gasteiger partial charge >= 0.3 is 0 Å². The lowest BCUT2D eigenvalue weighted by Crippen LogP contribution is -1.65. The van der Waals surface area contributed by atoms with Crippen LogP contribution in [0.1, 0.15) is 0 Å². The van der Waals surface area contributed by atoms with Crippen molar-refractivity contribution < 1.29 is 4.42 Å². The number of rotatable bonds is 1. The van der Waals surface area contributed by atoms with Crippen LogP contribution < -0.4 is 0 Å². The van der Waals surface area contributed by atoms with Crippen molar-refractivity contribution in [3.05, 3.63) is 72.8 Å². The number of hydrogen-bond acceptors (Lipinski definition) is 1. The van der Waals surface area contributed by atoms with E-state index < -0.39 is 0 Å². The largest absolute Gasteiger partial charge is 0.456 e. The van der Waals surface area contributed by atoms with E-state index in [0.29, 0.717) is 0 Å². The van der Waals surface area contributed by atoms with E-state index in [2.05, 4.69) is 54.6 Å². The Morgan fingerprint density at radius 3 is 2.00 bits per heavy atom. The number of hydrogen-bond donors (Lipinski definition) is 0. The molecule has 0 aliphatic heterocycles. The Labute approximate surface area is 111 Å². The predicted octanol–water partition coefficient (Wildman–Crippen LogP) is 5.20. The first-order chi connectivity index (χ1) is 9.40. The summed E-state index contributed by atoms with van der Waals surface area (Å²) in [6.07, 6.45) is 0. The maximum atomic E-state index is 5.90. The van der Waals surface area contributed by atoms with Crippen molar-refractivity contribution in [3.8, 4) is 22.5 Å². The topological polar surface area (TPSA) is 13.1 Å². The monoisotopic (exact) mass is 244 g/mol. The molecular weight excluding hydrogens is 232 g/mol. The van der Waals surface area contributed by atoms with Crippen LogP contribution in [0.2, 0.25) is 0 Å². The van der Waals surface area contributed by atoms with Crippen LogP contribution in [0, 0.1) is 0 Å². The molecule has 0 saturated carbocycles. The standard InChI is InChI=1S/C18H12O/c1-2-7-17-16(4-1)12-18(19-17)15-10-8-13-5-3-6-14(13)9-11-15/h1-12H. The van der Waals surface area contributed by atoms with Gasteiger partial charge in [-0.1, -0.05) is 60.7 Å². The SMILES string of the molecule is c1cc2ccc(-c3cc4ccccc4o3)ccc-2c1. The summed E-state index contributed by atoms with van der Waals surface area (Å²) in [5.41, 5.74) is 4.54. The van der Waals surface area contributed by atoms with Gasteiger partial charge in [-0.2, -0.15) is 0 Å². The Balaban J connectivity index is 1.91. The van der Waals surface area contributed by atoms with Crippen LogP contribution in [0.15, 0.2) is 77.2 Å². The van der Waals surface area contributed by atoms with Crippen molar-refractivity contribution in [1.29, 1.82) is 0 Å². The highest BCUT2D eigenvalue weighted by Crippen LogP contribution is 2.29. The van der Waals surface area contributed by atoms with E-state index in [4.69, 9.17) is 4.42 Å². The minimum atomic E-state index is 0.916. The lowest BCUT2D eigenvalue weighted by atomic mass is 10.2. The molecule has 1 heterocycles. The molecule has 0 N–H and O–H groups in total. The van der Waals surface area contributed by atoms with Crippen LogP contribution in [-0.4, -0.2) is 0 Å². The fourth-order valence-corrected chi connectivity index (χ4v) is 2.45. The summed E-state index contributed by atoms with van der Waals surface area (Å²) in [7, 11) is 0. The maximum Gasteiger partial charge on any atom is 0.135 e. The highest BCUT2D eigenvalue weighted by molar-refractivity contribution is 5.83. The van der Waals surface area contributed by atoms with E-state index in [0.717, 1.165) is 22.3 Å². The van der Waals surface area contributed by atoms with E-state index >= 15 is 0 Å². The lowest BCUT2D eigenvalue weighted by molar-refractivity contribution is 0.631. The first-order valence-corrected chi connectivity index (χ1v) is 6.38. The highest BCUT2D eigenvalue weighted by Gasteiger charge is 2.06. The Bertz CT molecular complexity index is 762. The Hall–Kier alpha value is -2.54. The second-order valence-electron chi connectivity index (χ2n) is 4.71. The number of fused-ring (bicyclic) bond motifs is 2. The molecule has 0 saturated heterocycles. The number of para-hydroxylation sites is 1. The molecule has 2 aromatic rings. The lowest BCUT2D eigenvalue weighted by Gasteiger charge is -1.90. The van der Waals surface area contributed by atoms with Gasteiger partial charge in [0.15, 0.2) is 0 Å². The summed E-state index contributed by atoms with van der Waals surface area (Å²) in [5, 5.41) is 1.14. The van der Waals surface area contributed by atoms with Crippen molar-refractivity contribution in [2.24, 2.45) is 0 Å². The predicted molar refractivity (Wildman–Crippen MR) is 78.3 cm³/mol. The molecule has 90 valence electrons. The van der Waals surface area contributed by atoms with Crippen molar-refractivity contribution in [1.82, 2.24) is 0 Å². The molecule has 0 amide bonds. The summed E-state index contributed by atoms with van der Waals surface area (Å²) < 4.78 is 5.90. The molecule has 19 heavy (non-hydrogen) atoms. The van der Waals surface area contributed by atoms with Gasteiger partial charge in [-0.3, -0.25) is 0 Å². The average molecular weight is 244 g/mol. The molecule has 0 fully saturated rings. The third-order valence-electron chi connectivity index (χ3n) is 3.48. The van der Waals surface area contributed by atoms with Gasteiger partial charge in [0.25, 0.3) is 0 Å². The van der Waals surface area contributed by atoms with Crippen LogP contribution in [-0.2, 0) is 0 Å². The molecular formula is C18H12O. The molecule has 0 radical (unpaired) electrons. The van der Waals surface area contributed by atoms with Gasteiger partial charge in [0.05, 0.1) is 0 Å². The van der Waals surface area contributed by atoms with E-state index in [-0.39, 0.29) is 0 Å². The van der Waals surface area contributed by atoms with Gasteiger partial charge in [-0.25, -0.2) is 0 Å². The average Bonchev–Trinajstić information content (AvgIpc) is 3.01. The van der Waals surface area contributed by atoms with Gasteiger partial charge in [-0.05, 0) is 23.3 Å². The summed E-state index contributed by atoms with van der Waals surface area (Å²) in [5.74, 6) is 0.916. The van der Waals surface area contributed by atoms with Crippen LogP contribution in [0.25, 0.3) is 33.4 Å². The van der Waals surface area contributed by atoms with Crippen LogP contribution >= 0.6 is 0 Å². The smallest absolute Gasteiger partial charge is 0.135 e. The molecule has 4 rings (SSSR count). The first-order valence-electron chi connectivity index (χ1n) is 6.38. The summed E-state index contributed by atoms with van der Waals surface area (Å²) in [4.78, 5) is 0. The first kappa shape index (κ1) is 10.4. The Morgan fingerprint density at radius 2 is 1.26 bits per heavy atom. The maximum absolute atomic E-state index is 5.90. The van der Waals surface area contributed by atoms with Gasteiger partial charge in [0.2, 0.25) is 0 Å². The van der Waals surface area contributed by atoms with Crippen LogP contribution in [0.5, 0.6) is 0 Å². The van der Waals surface area contributed by atoms with Gasteiger partial charge in [0.1, 0.15) is 11.3 Å². The molecule has 0 bridgehead atoms. The molecule has 1 nitrogen and oxygen atoms in total. The molecule has 2 aliphatic carbocycles. The van der Waals surface area contributed by atoms with Crippen molar-refractivity contribution in [2.45, 2.75) is 0 Å². The Morgan fingerprint density at radius 1 is 0.579 bits per heavy atom. The molecule has 1 aromatic carbocycles. The fourth-order valence-electron chi connectivity index (χ4n) is 2.45. The molecule has 0 spiro atoms. The van der Waals surface area contributed by atoms with Crippen LogP contribution in [0.3, 0.4) is 0 Å². The fraction of sp³-hybridized carbons (Fsp3) is 0.